The van der Waals surface area contributed by atoms with Crippen molar-refractivity contribution in [2.24, 2.45) is 0 Å². The molecular weight excluding hydrogens is 368 g/mol. The highest BCUT2D eigenvalue weighted by molar-refractivity contribution is 7.15. The minimum atomic E-state index is -0.216. The van der Waals surface area contributed by atoms with Crippen LogP contribution >= 0.6 is 11.3 Å². The van der Waals surface area contributed by atoms with Gasteiger partial charge in [-0.2, -0.15) is 0 Å². The maximum Gasteiger partial charge on any atom is 0.258 e. The first kappa shape index (κ1) is 16.6. The fourth-order valence-corrected chi connectivity index (χ4v) is 4.08. The quantitative estimate of drug-likeness (QED) is 0.437. The minimum Gasteiger partial charge on any atom is -0.324 e. The summed E-state index contributed by atoms with van der Waals surface area (Å²) in [6.07, 6.45) is 0. The molecule has 0 aliphatic carbocycles. The van der Waals surface area contributed by atoms with Crippen molar-refractivity contribution in [1.82, 2.24) is 15.0 Å². The summed E-state index contributed by atoms with van der Waals surface area (Å²) < 4.78 is 0. The highest BCUT2D eigenvalue weighted by atomic mass is 32.1. The van der Waals surface area contributed by atoms with Gasteiger partial charge in [-0.05, 0) is 43.3 Å². The molecule has 3 heterocycles. The standard InChI is InChI=1S/C22H16N4OS/c1-13-10-11-20(28-13)19-12-15(14-6-2-3-7-16(14)23-19)21(27)26-22-24-17-8-4-5-9-18(17)25-22/h2-12H,1H3,(H2,24,25,26,27). The SMILES string of the molecule is Cc1ccc(-c2cc(C(=O)Nc3nc4ccccc4[nH]3)c3ccccc3n2)s1. The second-order valence-corrected chi connectivity index (χ2v) is 7.83. The number of aromatic amines is 1. The highest BCUT2D eigenvalue weighted by Gasteiger charge is 2.16. The van der Waals surface area contributed by atoms with Crippen molar-refractivity contribution in [2.75, 3.05) is 5.32 Å². The molecule has 5 aromatic rings. The molecule has 0 spiro atoms. The number of pyridine rings is 1. The molecule has 1 amide bonds. The molecule has 28 heavy (non-hydrogen) atoms. The first-order valence-corrected chi connectivity index (χ1v) is 9.72. The van der Waals surface area contributed by atoms with Gasteiger partial charge in [-0.15, -0.1) is 11.3 Å². The van der Waals surface area contributed by atoms with E-state index in [0.29, 0.717) is 11.5 Å². The number of fused-ring (bicyclic) bond motifs is 2. The Labute approximate surface area is 165 Å². The number of hydrogen-bond donors (Lipinski definition) is 2. The van der Waals surface area contributed by atoms with Crippen LogP contribution < -0.4 is 5.32 Å². The van der Waals surface area contributed by atoms with Crippen molar-refractivity contribution in [3.8, 4) is 10.6 Å². The number of thiophene rings is 1. The fraction of sp³-hybridized carbons (Fsp3) is 0.0455. The zero-order valence-electron chi connectivity index (χ0n) is 15.1. The molecule has 2 N–H and O–H groups in total. The second-order valence-electron chi connectivity index (χ2n) is 6.54. The number of nitrogens with zero attached hydrogens (tertiary/aromatic N) is 2. The molecule has 0 fully saturated rings. The number of amides is 1. The van der Waals surface area contributed by atoms with E-state index >= 15 is 0 Å². The Hall–Kier alpha value is -3.51. The second kappa shape index (κ2) is 6.58. The Morgan fingerprint density at radius 1 is 0.964 bits per heavy atom. The monoisotopic (exact) mass is 384 g/mol. The maximum absolute atomic E-state index is 13.1. The van der Waals surface area contributed by atoms with Crippen molar-refractivity contribution < 1.29 is 4.79 Å². The summed E-state index contributed by atoms with van der Waals surface area (Å²) in [6.45, 7) is 2.06. The van der Waals surface area contributed by atoms with Gasteiger partial charge in [-0.25, -0.2) is 9.97 Å². The first-order valence-electron chi connectivity index (χ1n) is 8.90. The molecule has 6 heteroatoms. The number of hydrogen-bond acceptors (Lipinski definition) is 4. The Morgan fingerprint density at radius 2 is 1.75 bits per heavy atom. The van der Waals surface area contributed by atoms with Crippen LogP contribution in [0.5, 0.6) is 0 Å². The molecule has 0 radical (unpaired) electrons. The molecule has 0 saturated carbocycles. The van der Waals surface area contributed by atoms with E-state index in [2.05, 4.69) is 28.3 Å². The molecular formula is C22H16N4OS. The highest BCUT2D eigenvalue weighted by Crippen LogP contribution is 2.30. The van der Waals surface area contributed by atoms with Crippen molar-refractivity contribution in [1.29, 1.82) is 0 Å². The van der Waals surface area contributed by atoms with Gasteiger partial charge >= 0.3 is 0 Å². The van der Waals surface area contributed by atoms with Gasteiger partial charge in [-0.1, -0.05) is 30.3 Å². The van der Waals surface area contributed by atoms with Crippen LogP contribution in [0.1, 0.15) is 15.2 Å². The maximum atomic E-state index is 13.1. The first-order chi connectivity index (χ1) is 13.7. The van der Waals surface area contributed by atoms with Crippen LogP contribution in [0.2, 0.25) is 0 Å². The molecule has 0 atom stereocenters. The van der Waals surface area contributed by atoms with E-state index in [1.54, 1.807) is 11.3 Å². The molecule has 136 valence electrons. The summed E-state index contributed by atoms with van der Waals surface area (Å²) in [7, 11) is 0. The molecule has 0 saturated heterocycles. The van der Waals surface area contributed by atoms with Gasteiger partial charge < -0.3 is 4.98 Å². The topological polar surface area (TPSA) is 70.7 Å². The Bertz CT molecular complexity index is 1300. The van der Waals surface area contributed by atoms with E-state index in [1.165, 1.54) is 4.88 Å². The molecule has 2 aromatic carbocycles. The average Bonchev–Trinajstić information content (AvgIpc) is 3.32. The number of para-hydroxylation sites is 3. The zero-order chi connectivity index (χ0) is 19.1. The lowest BCUT2D eigenvalue weighted by Crippen LogP contribution is -2.14. The van der Waals surface area contributed by atoms with Crippen LogP contribution in [0, 0.1) is 6.92 Å². The lowest BCUT2D eigenvalue weighted by atomic mass is 10.1. The third-order valence-electron chi connectivity index (χ3n) is 4.57. The predicted molar refractivity (Wildman–Crippen MR) is 114 cm³/mol. The summed E-state index contributed by atoms with van der Waals surface area (Å²) >= 11 is 1.66. The van der Waals surface area contributed by atoms with Gasteiger partial charge in [0.15, 0.2) is 0 Å². The largest absolute Gasteiger partial charge is 0.324 e. The Kier molecular flexibility index (Phi) is 3.91. The van der Waals surface area contributed by atoms with Gasteiger partial charge in [0, 0.05) is 10.3 Å². The zero-order valence-corrected chi connectivity index (χ0v) is 15.9. The summed E-state index contributed by atoms with van der Waals surface area (Å²) in [5, 5.41) is 3.71. The van der Waals surface area contributed by atoms with E-state index in [9.17, 15) is 4.79 Å². The van der Waals surface area contributed by atoms with Crippen LogP contribution in [0.15, 0.2) is 66.7 Å². The minimum absolute atomic E-state index is 0.216. The lowest BCUT2D eigenvalue weighted by molar-refractivity contribution is 0.102. The van der Waals surface area contributed by atoms with Gasteiger partial charge in [0.2, 0.25) is 5.95 Å². The molecule has 5 nitrogen and oxygen atoms in total. The van der Waals surface area contributed by atoms with Crippen LogP contribution in [-0.2, 0) is 0 Å². The third-order valence-corrected chi connectivity index (χ3v) is 5.60. The van der Waals surface area contributed by atoms with Gasteiger partial charge in [0.25, 0.3) is 5.91 Å². The molecule has 3 aromatic heterocycles. The summed E-state index contributed by atoms with van der Waals surface area (Å²) in [4.78, 5) is 27.7. The average molecular weight is 384 g/mol. The molecule has 0 aliphatic heterocycles. The lowest BCUT2D eigenvalue weighted by Gasteiger charge is -2.08. The third kappa shape index (κ3) is 2.93. The number of carbonyl (C=O) groups excluding carboxylic acids is 1. The number of rotatable bonds is 3. The van der Waals surface area contributed by atoms with Crippen LogP contribution in [0.25, 0.3) is 32.5 Å². The van der Waals surface area contributed by atoms with Crippen LogP contribution in [0.3, 0.4) is 0 Å². The number of nitrogens with one attached hydrogen (secondary N) is 2. The molecule has 0 aliphatic rings. The smallest absolute Gasteiger partial charge is 0.258 e. The van der Waals surface area contributed by atoms with Crippen molar-refractivity contribution in [2.45, 2.75) is 6.92 Å². The summed E-state index contributed by atoms with van der Waals surface area (Å²) in [6, 6.07) is 21.3. The normalized spacial score (nSPS) is 11.2. The van der Waals surface area contributed by atoms with Gasteiger partial charge in [-0.3, -0.25) is 10.1 Å². The number of imidazole rings is 1. The number of aromatic nitrogens is 3. The Balaban J connectivity index is 1.59. The van der Waals surface area contributed by atoms with Gasteiger partial charge in [0.05, 0.1) is 32.7 Å². The van der Waals surface area contributed by atoms with E-state index in [4.69, 9.17) is 4.98 Å². The number of benzene rings is 2. The van der Waals surface area contributed by atoms with Crippen molar-refractivity contribution in [3.05, 3.63) is 77.2 Å². The Morgan fingerprint density at radius 3 is 2.54 bits per heavy atom. The van der Waals surface area contributed by atoms with E-state index in [0.717, 1.165) is 32.5 Å². The molecule has 5 rings (SSSR count). The van der Waals surface area contributed by atoms with Crippen molar-refractivity contribution in [3.63, 3.8) is 0 Å². The summed E-state index contributed by atoms with van der Waals surface area (Å²) in [5.74, 6) is 0.216. The van der Waals surface area contributed by atoms with Crippen LogP contribution in [-0.4, -0.2) is 20.9 Å². The van der Waals surface area contributed by atoms with Crippen LogP contribution in [0.4, 0.5) is 5.95 Å². The number of anilines is 1. The molecule has 0 unspecified atom stereocenters. The van der Waals surface area contributed by atoms with E-state index < -0.39 is 0 Å². The van der Waals surface area contributed by atoms with Gasteiger partial charge in [0.1, 0.15) is 0 Å². The number of carbonyl (C=O) groups is 1. The summed E-state index contributed by atoms with van der Waals surface area (Å²) in [5.41, 5.74) is 3.86. The van der Waals surface area contributed by atoms with E-state index in [-0.39, 0.29) is 5.91 Å². The van der Waals surface area contributed by atoms with E-state index in [1.807, 2.05) is 60.7 Å². The number of H-pyrrole nitrogens is 1. The number of aryl methyl sites for hydroxylation is 1. The van der Waals surface area contributed by atoms with Crippen molar-refractivity contribution >= 4 is 45.1 Å². The predicted octanol–water partition coefficient (Wildman–Crippen LogP) is 5.40. The molecule has 0 bridgehead atoms. The fourth-order valence-electron chi connectivity index (χ4n) is 3.25.